The summed E-state index contributed by atoms with van der Waals surface area (Å²) in [4.78, 5) is 19.3. The third-order valence-corrected chi connectivity index (χ3v) is 4.59. The zero-order valence-electron chi connectivity index (χ0n) is 15.2. The highest BCUT2D eigenvalue weighted by Crippen LogP contribution is 2.28. The van der Waals surface area contributed by atoms with Gasteiger partial charge in [0.2, 0.25) is 5.95 Å². The SMILES string of the molecule is Cc1c(Cl)cccc1-c1cc(NCCc2cccc(NC(=O)O)c2)nc(N)n1. The van der Waals surface area contributed by atoms with Crippen molar-refractivity contribution in [2.24, 2.45) is 0 Å². The number of benzene rings is 2. The quantitative estimate of drug-likeness (QED) is 0.489. The number of hydrogen-bond donors (Lipinski definition) is 4. The summed E-state index contributed by atoms with van der Waals surface area (Å²) in [5.74, 6) is 0.786. The molecule has 0 radical (unpaired) electrons. The molecule has 1 aromatic heterocycles. The van der Waals surface area contributed by atoms with Crippen LogP contribution in [0.5, 0.6) is 0 Å². The molecule has 0 saturated heterocycles. The number of nitrogen functional groups attached to an aromatic ring is 1. The first-order valence-electron chi connectivity index (χ1n) is 8.65. The summed E-state index contributed by atoms with van der Waals surface area (Å²) in [6.45, 7) is 2.53. The van der Waals surface area contributed by atoms with Gasteiger partial charge >= 0.3 is 6.09 Å². The van der Waals surface area contributed by atoms with Gasteiger partial charge in [-0.25, -0.2) is 9.78 Å². The fourth-order valence-electron chi connectivity index (χ4n) is 2.84. The average Bonchev–Trinajstić information content (AvgIpc) is 2.63. The molecule has 144 valence electrons. The van der Waals surface area contributed by atoms with Crippen LogP contribution >= 0.6 is 11.6 Å². The van der Waals surface area contributed by atoms with Crippen LogP contribution in [-0.2, 0) is 6.42 Å². The van der Waals surface area contributed by atoms with Gasteiger partial charge in [-0.1, -0.05) is 35.9 Å². The average molecular weight is 398 g/mol. The Labute approximate surface area is 167 Å². The second-order valence-electron chi connectivity index (χ2n) is 6.22. The molecule has 0 aliphatic carbocycles. The van der Waals surface area contributed by atoms with E-state index in [1.807, 2.05) is 43.3 Å². The minimum absolute atomic E-state index is 0.173. The number of rotatable bonds is 6. The van der Waals surface area contributed by atoms with Crippen LogP contribution in [0.1, 0.15) is 11.1 Å². The summed E-state index contributed by atoms with van der Waals surface area (Å²) in [5.41, 5.74) is 9.93. The van der Waals surface area contributed by atoms with E-state index in [4.69, 9.17) is 22.4 Å². The molecule has 2 aromatic carbocycles. The van der Waals surface area contributed by atoms with E-state index in [1.165, 1.54) is 0 Å². The molecule has 0 unspecified atom stereocenters. The van der Waals surface area contributed by atoms with Crippen molar-refractivity contribution >= 4 is 35.1 Å². The highest BCUT2D eigenvalue weighted by molar-refractivity contribution is 6.31. The fraction of sp³-hybridized carbons (Fsp3) is 0.150. The molecular formula is C20H20ClN5O2. The van der Waals surface area contributed by atoms with Gasteiger partial charge < -0.3 is 16.2 Å². The van der Waals surface area contributed by atoms with Crippen LogP contribution in [0.15, 0.2) is 48.5 Å². The molecule has 3 rings (SSSR count). The zero-order valence-corrected chi connectivity index (χ0v) is 16.0. The Bertz CT molecular complexity index is 1010. The molecule has 0 atom stereocenters. The van der Waals surface area contributed by atoms with Gasteiger partial charge in [0.05, 0.1) is 5.69 Å². The van der Waals surface area contributed by atoms with E-state index in [0.29, 0.717) is 35.2 Å². The maximum Gasteiger partial charge on any atom is 0.409 e. The van der Waals surface area contributed by atoms with Gasteiger partial charge in [0.15, 0.2) is 0 Å². The van der Waals surface area contributed by atoms with Crippen molar-refractivity contribution in [3.05, 3.63) is 64.7 Å². The van der Waals surface area contributed by atoms with Crippen LogP contribution < -0.4 is 16.4 Å². The van der Waals surface area contributed by atoms with Gasteiger partial charge in [-0.2, -0.15) is 4.98 Å². The topological polar surface area (TPSA) is 113 Å². The summed E-state index contributed by atoms with van der Waals surface area (Å²) in [5, 5.41) is 15.1. The number of nitrogens with one attached hydrogen (secondary N) is 2. The normalized spacial score (nSPS) is 10.5. The first kappa shape index (κ1) is 19.4. The molecule has 0 aliphatic rings. The van der Waals surface area contributed by atoms with Crippen LogP contribution in [0.4, 0.5) is 22.2 Å². The van der Waals surface area contributed by atoms with E-state index in [9.17, 15) is 4.79 Å². The summed E-state index contributed by atoms with van der Waals surface area (Å²) < 4.78 is 0. The van der Waals surface area contributed by atoms with E-state index in [1.54, 1.807) is 12.1 Å². The lowest BCUT2D eigenvalue weighted by Gasteiger charge is -2.11. The number of amides is 1. The Hall–Kier alpha value is -3.32. The summed E-state index contributed by atoms with van der Waals surface area (Å²) in [6.07, 6.45) is -0.402. The van der Waals surface area contributed by atoms with Crippen LogP contribution in [0.3, 0.4) is 0 Å². The van der Waals surface area contributed by atoms with Crippen molar-refractivity contribution in [2.75, 3.05) is 22.9 Å². The van der Waals surface area contributed by atoms with Crippen molar-refractivity contribution < 1.29 is 9.90 Å². The molecular weight excluding hydrogens is 378 g/mol. The maximum atomic E-state index is 10.7. The highest BCUT2D eigenvalue weighted by Gasteiger charge is 2.09. The standard InChI is InChI=1S/C20H20ClN5O2/c1-12-15(6-3-7-16(12)21)17-11-18(26-19(22)25-17)23-9-8-13-4-2-5-14(10-13)24-20(27)28/h2-7,10-11,24H,8-9H2,1H3,(H,27,28)(H3,22,23,25,26). The van der Waals surface area contributed by atoms with Gasteiger partial charge in [-0.3, -0.25) is 5.32 Å². The molecule has 0 bridgehead atoms. The summed E-state index contributed by atoms with van der Waals surface area (Å²) in [6, 6.07) is 14.7. The highest BCUT2D eigenvalue weighted by atomic mass is 35.5. The fourth-order valence-corrected chi connectivity index (χ4v) is 3.02. The predicted molar refractivity (Wildman–Crippen MR) is 112 cm³/mol. The Kier molecular flexibility index (Phi) is 5.96. The molecule has 1 amide bonds. The van der Waals surface area contributed by atoms with Gasteiger partial charge in [0, 0.05) is 28.9 Å². The number of nitrogens with two attached hydrogens (primary N) is 1. The van der Waals surface area contributed by atoms with Gasteiger partial charge in [-0.05, 0) is 42.7 Å². The molecule has 5 N–H and O–H groups in total. The summed E-state index contributed by atoms with van der Waals surface area (Å²) in [7, 11) is 0. The lowest BCUT2D eigenvalue weighted by atomic mass is 10.1. The first-order valence-corrected chi connectivity index (χ1v) is 9.03. The Balaban J connectivity index is 1.71. The summed E-state index contributed by atoms with van der Waals surface area (Å²) >= 11 is 6.21. The lowest BCUT2D eigenvalue weighted by Crippen LogP contribution is -2.10. The van der Waals surface area contributed by atoms with Crippen LogP contribution in [0, 0.1) is 6.92 Å². The number of carboxylic acid groups (broad SMARTS) is 1. The third-order valence-electron chi connectivity index (χ3n) is 4.19. The van der Waals surface area contributed by atoms with Crippen LogP contribution in [-0.4, -0.2) is 27.7 Å². The van der Waals surface area contributed by atoms with Crippen molar-refractivity contribution in [1.29, 1.82) is 0 Å². The van der Waals surface area contributed by atoms with E-state index in [2.05, 4.69) is 20.6 Å². The van der Waals surface area contributed by atoms with E-state index in [-0.39, 0.29) is 5.95 Å². The van der Waals surface area contributed by atoms with Gasteiger partial charge in [0.1, 0.15) is 5.82 Å². The molecule has 8 heteroatoms. The number of anilines is 3. The molecule has 0 saturated carbocycles. The number of halogens is 1. The molecule has 0 fully saturated rings. The Morgan fingerprint density at radius 2 is 1.96 bits per heavy atom. The van der Waals surface area contributed by atoms with Crippen molar-refractivity contribution in [2.45, 2.75) is 13.3 Å². The number of nitrogens with zero attached hydrogens (tertiary/aromatic N) is 2. The Morgan fingerprint density at radius 1 is 1.18 bits per heavy atom. The third kappa shape index (κ3) is 4.89. The molecule has 3 aromatic rings. The molecule has 28 heavy (non-hydrogen) atoms. The van der Waals surface area contributed by atoms with Crippen LogP contribution in [0.25, 0.3) is 11.3 Å². The first-order chi connectivity index (χ1) is 13.4. The van der Waals surface area contributed by atoms with Crippen molar-refractivity contribution in [1.82, 2.24) is 9.97 Å². The minimum atomic E-state index is -1.09. The number of hydrogen-bond acceptors (Lipinski definition) is 5. The molecule has 7 nitrogen and oxygen atoms in total. The molecule has 0 spiro atoms. The second kappa shape index (κ2) is 8.58. The van der Waals surface area contributed by atoms with E-state index in [0.717, 1.165) is 16.7 Å². The zero-order chi connectivity index (χ0) is 20.1. The molecule has 1 heterocycles. The maximum absolute atomic E-state index is 10.7. The number of carbonyl (C=O) groups is 1. The van der Waals surface area contributed by atoms with Crippen molar-refractivity contribution in [3.63, 3.8) is 0 Å². The van der Waals surface area contributed by atoms with Crippen LogP contribution in [0.2, 0.25) is 5.02 Å². The Morgan fingerprint density at radius 3 is 2.75 bits per heavy atom. The second-order valence-corrected chi connectivity index (χ2v) is 6.62. The lowest BCUT2D eigenvalue weighted by molar-refractivity contribution is 0.210. The minimum Gasteiger partial charge on any atom is -0.465 e. The largest absolute Gasteiger partial charge is 0.465 e. The van der Waals surface area contributed by atoms with E-state index < -0.39 is 6.09 Å². The van der Waals surface area contributed by atoms with Gasteiger partial charge in [-0.15, -0.1) is 0 Å². The van der Waals surface area contributed by atoms with E-state index >= 15 is 0 Å². The number of aromatic nitrogens is 2. The predicted octanol–water partition coefficient (Wildman–Crippen LogP) is 4.43. The molecule has 0 aliphatic heterocycles. The monoisotopic (exact) mass is 397 g/mol. The van der Waals surface area contributed by atoms with Crippen molar-refractivity contribution in [3.8, 4) is 11.3 Å². The smallest absolute Gasteiger partial charge is 0.409 e. The van der Waals surface area contributed by atoms with Gasteiger partial charge in [0.25, 0.3) is 0 Å².